The van der Waals surface area contributed by atoms with Gasteiger partial charge in [-0.15, -0.1) is 0 Å². The minimum atomic E-state index is -1.82. The van der Waals surface area contributed by atoms with E-state index in [2.05, 4.69) is 35.2 Å². The van der Waals surface area contributed by atoms with Crippen LogP contribution in [0.2, 0.25) is 0 Å². The van der Waals surface area contributed by atoms with Crippen molar-refractivity contribution in [1.29, 1.82) is 0 Å². The molecule has 3 rings (SSSR count). The van der Waals surface area contributed by atoms with E-state index in [0.717, 1.165) is 32.7 Å². The summed E-state index contributed by atoms with van der Waals surface area (Å²) < 4.78 is 5.48. The summed E-state index contributed by atoms with van der Waals surface area (Å²) in [6.45, 7) is 10.6. The lowest BCUT2D eigenvalue weighted by Gasteiger charge is -2.26. The predicted octanol–water partition coefficient (Wildman–Crippen LogP) is 2.14. The van der Waals surface area contributed by atoms with Crippen LogP contribution in [0.3, 0.4) is 0 Å². The molecule has 8 nitrogen and oxygen atoms in total. The van der Waals surface area contributed by atoms with E-state index in [1.807, 2.05) is 25.7 Å². The number of aliphatic carboxylic acids is 2. The van der Waals surface area contributed by atoms with Crippen LogP contribution in [-0.2, 0) is 20.9 Å². The maximum atomic E-state index is 12.2. The summed E-state index contributed by atoms with van der Waals surface area (Å²) in [5, 5.41) is 14.8. The number of carboxylic acids is 2. The molecule has 0 aliphatic carbocycles. The highest BCUT2D eigenvalue weighted by molar-refractivity contribution is 6.27. The molecule has 154 valence electrons. The van der Waals surface area contributed by atoms with Gasteiger partial charge in [0.25, 0.3) is 0 Å². The molecular formula is C20H28N2O6. The van der Waals surface area contributed by atoms with Gasteiger partial charge in [0.05, 0.1) is 0 Å². The number of benzene rings is 1. The number of nitrogens with zero attached hydrogens (tertiary/aromatic N) is 2. The lowest BCUT2D eigenvalue weighted by Crippen LogP contribution is -2.37. The van der Waals surface area contributed by atoms with E-state index in [0.29, 0.717) is 11.8 Å². The van der Waals surface area contributed by atoms with Crippen LogP contribution in [0.4, 0.5) is 4.79 Å². The second-order valence-electron chi connectivity index (χ2n) is 8.20. The topological polar surface area (TPSA) is 107 Å². The van der Waals surface area contributed by atoms with Crippen molar-refractivity contribution in [2.24, 2.45) is 11.8 Å². The lowest BCUT2D eigenvalue weighted by atomic mass is 10.0. The molecule has 2 unspecified atom stereocenters. The van der Waals surface area contributed by atoms with Gasteiger partial charge in [0.1, 0.15) is 5.60 Å². The molecule has 1 amide bonds. The number of amides is 1. The molecule has 2 saturated heterocycles. The first-order valence-corrected chi connectivity index (χ1v) is 9.25. The fourth-order valence-electron chi connectivity index (χ4n) is 3.54. The van der Waals surface area contributed by atoms with Gasteiger partial charge in [0.15, 0.2) is 0 Å². The zero-order chi connectivity index (χ0) is 20.9. The van der Waals surface area contributed by atoms with Crippen LogP contribution >= 0.6 is 0 Å². The van der Waals surface area contributed by atoms with Gasteiger partial charge in [-0.25, -0.2) is 14.4 Å². The van der Waals surface area contributed by atoms with E-state index in [4.69, 9.17) is 24.5 Å². The Labute approximate surface area is 164 Å². The highest BCUT2D eigenvalue weighted by Crippen LogP contribution is 2.32. The summed E-state index contributed by atoms with van der Waals surface area (Å²) in [4.78, 5) is 34.8. The molecule has 2 atom stereocenters. The minimum Gasteiger partial charge on any atom is -0.473 e. The molecule has 28 heavy (non-hydrogen) atoms. The van der Waals surface area contributed by atoms with Gasteiger partial charge in [-0.05, 0) is 38.2 Å². The highest BCUT2D eigenvalue weighted by atomic mass is 16.6. The van der Waals surface area contributed by atoms with Crippen molar-refractivity contribution >= 4 is 18.0 Å². The zero-order valence-corrected chi connectivity index (χ0v) is 16.5. The Bertz CT molecular complexity index is 674. The van der Waals surface area contributed by atoms with E-state index in [1.54, 1.807) is 0 Å². The van der Waals surface area contributed by atoms with Crippen LogP contribution in [0.5, 0.6) is 0 Å². The first-order valence-electron chi connectivity index (χ1n) is 9.25. The average molecular weight is 392 g/mol. The van der Waals surface area contributed by atoms with E-state index < -0.39 is 17.5 Å². The number of carbonyl (C=O) groups excluding carboxylic acids is 1. The molecule has 0 aromatic heterocycles. The molecular weight excluding hydrogens is 364 g/mol. The van der Waals surface area contributed by atoms with Crippen molar-refractivity contribution in [3.8, 4) is 0 Å². The summed E-state index contributed by atoms with van der Waals surface area (Å²) in [5.41, 5.74) is 0.959. The second-order valence-corrected chi connectivity index (χ2v) is 8.20. The maximum Gasteiger partial charge on any atom is 0.414 e. The Kier molecular flexibility index (Phi) is 7.01. The summed E-state index contributed by atoms with van der Waals surface area (Å²) in [6, 6.07) is 10.6. The number of carbonyl (C=O) groups is 3. The lowest BCUT2D eigenvalue weighted by molar-refractivity contribution is -0.159. The minimum absolute atomic E-state index is 0.156. The number of ether oxygens (including phenoxy) is 1. The Hall–Kier alpha value is -2.61. The largest absolute Gasteiger partial charge is 0.473 e. The summed E-state index contributed by atoms with van der Waals surface area (Å²) >= 11 is 0. The summed E-state index contributed by atoms with van der Waals surface area (Å²) in [5.74, 6) is -2.46. The molecule has 0 saturated carbocycles. The van der Waals surface area contributed by atoms with Gasteiger partial charge in [0.2, 0.25) is 0 Å². The monoisotopic (exact) mass is 392 g/mol. The van der Waals surface area contributed by atoms with Crippen LogP contribution in [0.25, 0.3) is 0 Å². The zero-order valence-electron chi connectivity index (χ0n) is 16.5. The number of hydrogen-bond donors (Lipinski definition) is 2. The number of rotatable bonds is 2. The van der Waals surface area contributed by atoms with Crippen molar-refractivity contribution in [3.05, 3.63) is 35.9 Å². The highest BCUT2D eigenvalue weighted by Gasteiger charge is 2.42. The van der Waals surface area contributed by atoms with Gasteiger partial charge >= 0.3 is 18.0 Å². The third kappa shape index (κ3) is 6.53. The smallest absolute Gasteiger partial charge is 0.414 e. The van der Waals surface area contributed by atoms with Gasteiger partial charge in [-0.3, -0.25) is 4.90 Å². The van der Waals surface area contributed by atoms with Gasteiger partial charge < -0.3 is 19.8 Å². The molecule has 2 heterocycles. The molecule has 0 bridgehead atoms. The fraction of sp³-hybridized carbons (Fsp3) is 0.550. The number of hydrogen-bond acceptors (Lipinski definition) is 5. The fourth-order valence-corrected chi connectivity index (χ4v) is 3.54. The van der Waals surface area contributed by atoms with Crippen LogP contribution in [0.15, 0.2) is 30.3 Å². The molecule has 8 heteroatoms. The van der Waals surface area contributed by atoms with Crippen molar-refractivity contribution in [2.45, 2.75) is 32.9 Å². The van der Waals surface area contributed by atoms with Crippen molar-refractivity contribution in [2.75, 3.05) is 26.2 Å². The third-order valence-corrected chi connectivity index (χ3v) is 4.65. The number of likely N-dealkylation sites (tertiary alicyclic amines) is 2. The first-order chi connectivity index (χ1) is 13.0. The van der Waals surface area contributed by atoms with Crippen molar-refractivity contribution < 1.29 is 29.3 Å². The van der Waals surface area contributed by atoms with Crippen LogP contribution in [0.1, 0.15) is 26.3 Å². The summed E-state index contributed by atoms with van der Waals surface area (Å²) in [6.07, 6.45) is -0.156. The SMILES string of the molecule is CC(C)(C)OC(=O)N1CC2CN(Cc3ccccc3)CC2C1.O=C(O)C(=O)O. The van der Waals surface area contributed by atoms with Gasteiger partial charge in [-0.1, -0.05) is 30.3 Å². The normalized spacial score (nSPS) is 21.5. The Morgan fingerprint density at radius 2 is 1.46 bits per heavy atom. The average Bonchev–Trinajstić information content (AvgIpc) is 3.13. The molecule has 2 N–H and O–H groups in total. The van der Waals surface area contributed by atoms with Crippen LogP contribution < -0.4 is 0 Å². The van der Waals surface area contributed by atoms with E-state index in [9.17, 15) is 4.79 Å². The van der Waals surface area contributed by atoms with E-state index in [-0.39, 0.29) is 6.09 Å². The molecule has 2 aliphatic heterocycles. The standard InChI is InChI=1S/C18H26N2O2.C2H2O4/c1-18(2,3)22-17(21)20-12-15-10-19(11-16(15)13-20)9-14-7-5-4-6-8-14;3-1(4)2(5)6/h4-8,15-16H,9-13H2,1-3H3;(H,3,4)(H,5,6). The maximum absolute atomic E-state index is 12.2. The third-order valence-electron chi connectivity index (χ3n) is 4.65. The molecule has 2 aliphatic rings. The van der Waals surface area contributed by atoms with Crippen molar-refractivity contribution in [1.82, 2.24) is 9.80 Å². The number of carboxylic acid groups (broad SMARTS) is 2. The van der Waals surface area contributed by atoms with Gasteiger partial charge in [-0.2, -0.15) is 0 Å². The van der Waals surface area contributed by atoms with E-state index >= 15 is 0 Å². The number of fused-ring (bicyclic) bond motifs is 1. The summed E-state index contributed by atoms with van der Waals surface area (Å²) in [7, 11) is 0. The first kappa shape index (κ1) is 21.7. The van der Waals surface area contributed by atoms with Crippen LogP contribution in [-0.4, -0.2) is 69.8 Å². The predicted molar refractivity (Wildman–Crippen MR) is 102 cm³/mol. The Morgan fingerprint density at radius 3 is 1.89 bits per heavy atom. The Morgan fingerprint density at radius 1 is 0.964 bits per heavy atom. The molecule has 0 spiro atoms. The quantitative estimate of drug-likeness (QED) is 0.743. The van der Waals surface area contributed by atoms with Crippen LogP contribution in [0, 0.1) is 11.8 Å². The molecule has 2 fully saturated rings. The molecule has 0 radical (unpaired) electrons. The van der Waals surface area contributed by atoms with Crippen molar-refractivity contribution in [3.63, 3.8) is 0 Å². The van der Waals surface area contributed by atoms with Gasteiger partial charge in [0, 0.05) is 32.7 Å². The molecule has 1 aromatic rings. The van der Waals surface area contributed by atoms with E-state index in [1.165, 1.54) is 5.56 Å². The molecule has 1 aromatic carbocycles. The second kappa shape index (κ2) is 9.05. The Balaban J connectivity index is 0.000000409.